The van der Waals surface area contributed by atoms with Crippen molar-refractivity contribution in [1.82, 2.24) is 5.32 Å². The van der Waals surface area contributed by atoms with Crippen LogP contribution < -0.4 is 10.2 Å². The number of aliphatic hydroxyl groups excluding tert-OH is 1. The van der Waals surface area contributed by atoms with E-state index in [1.165, 1.54) is 0 Å². The van der Waals surface area contributed by atoms with Crippen LogP contribution in [0.1, 0.15) is 76.3 Å². The van der Waals surface area contributed by atoms with Crippen LogP contribution in [0.4, 0.5) is 5.69 Å². The van der Waals surface area contributed by atoms with Crippen LogP contribution in [0.5, 0.6) is 0 Å². The Bertz CT molecular complexity index is 1080. The minimum absolute atomic E-state index is 0.217. The summed E-state index contributed by atoms with van der Waals surface area (Å²) in [6, 6.07) is 18.0. The van der Waals surface area contributed by atoms with E-state index in [0.717, 1.165) is 61.1 Å². The summed E-state index contributed by atoms with van der Waals surface area (Å²) < 4.78 is 0. The summed E-state index contributed by atoms with van der Waals surface area (Å²) in [6.45, 7) is 4.75. The highest BCUT2D eigenvalue weighted by atomic mass is 16.3. The molecule has 0 bridgehead atoms. The van der Waals surface area contributed by atoms with E-state index in [1.54, 1.807) is 4.90 Å². The third-order valence-corrected chi connectivity index (χ3v) is 7.46. The number of benzodiazepines with no additional fused rings is 1. The molecule has 1 fully saturated rings. The Labute approximate surface area is 221 Å². The molecular formula is C31H41N3O3. The van der Waals surface area contributed by atoms with Crippen LogP contribution in [-0.4, -0.2) is 41.4 Å². The van der Waals surface area contributed by atoms with Gasteiger partial charge in [-0.3, -0.25) is 14.6 Å². The van der Waals surface area contributed by atoms with Crippen LogP contribution in [0.2, 0.25) is 0 Å². The van der Waals surface area contributed by atoms with E-state index in [9.17, 15) is 14.7 Å². The zero-order chi connectivity index (χ0) is 26.2. The van der Waals surface area contributed by atoms with Gasteiger partial charge in [0, 0.05) is 18.5 Å². The number of para-hydroxylation sites is 1. The van der Waals surface area contributed by atoms with E-state index in [4.69, 9.17) is 4.99 Å². The number of hydrogen-bond acceptors (Lipinski definition) is 4. The molecule has 6 heteroatoms. The highest BCUT2D eigenvalue weighted by Crippen LogP contribution is 2.37. The van der Waals surface area contributed by atoms with E-state index in [1.807, 2.05) is 42.5 Å². The molecule has 2 aliphatic rings. The van der Waals surface area contributed by atoms with Gasteiger partial charge in [-0.25, -0.2) is 0 Å². The number of rotatable bonds is 13. The van der Waals surface area contributed by atoms with Crippen LogP contribution in [0.3, 0.4) is 0 Å². The molecule has 0 radical (unpaired) electrons. The lowest BCUT2D eigenvalue weighted by molar-refractivity contribution is -0.133. The average Bonchev–Trinajstić information content (AvgIpc) is 3.75. The maximum absolute atomic E-state index is 13.9. The number of anilines is 1. The number of carbonyl (C=O) groups is 2. The van der Waals surface area contributed by atoms with Gasteiger partial charge in [-0.1, -0.05) is 94.5 Å². The Morgan fingerprint density at radius 3 is 2.46 bits per heavy atom. The molecule has 0 saturated heterocycles. The minimum Gasteiger partial charge on any atom is -0.392 e. The first-order valence-electron chi connectivity index (χ1n) is 14.0. The summed E-state index contributed by atoms with van der Waals surface area (Å²) in [5.41, 5.74) is 3.64. The van der Waals surface area contributed by atoms with Crippen molar-refractivity contribution in [1.29, 1.82) is 0 Å². The quantitative estimate of drug-likeness (QED) is 0.390. The van der Waals surface area contributed by atoms with Crippen LogP contribution in [0, 0.1) is 11.8 Å². The zero-order valence-corrected chi connectivity index (χ0v) is 22.2. The molecule has 6 nitrogen and oxygen atoms in total. The number of nitrogens with one attached hydrogen (secondary N) is 1. The second-order valence-corrected chi connectivity index (χ2v) is 10.5. The molecule has 198 valence electrons. The summed E-state index contributed by atoms with van der Waals surface area (Å²) in [4.78, 5) is 34.2. The first kappa shape index (κ1) is 27.1. The number of benzene rings is 2. The van der Waals surface area contributed by atoms with E-state index >= 15 is 0 Å². The molecule has 2 aromatic carbocycles. The Morgan fingerprint density at radius 1 is 1.05 bits per heavy atom. The van der Waals surface area contributed by atoms with Gasteiger partial charge in [0.1, 0.15) is 0 Å². The third-order valence-electron chi connectivity index (χ3n) is 7.46. The predicted molar refractivity (Wildman–Crippen MR) is 149 cm³/mol. The fourth-order valence-corrected chi connectivity index (χ4v) is 5.08. The van der Waals surface area contributed by atoms with Crippen molar-refractivity contribution in [3.63, 3.8) is 0 Å². The Morgan fingerprint density at radius 2 is 1.76 bits per heavy atom. The van der Waals surface area contributed by atoms with Crippen LogP contribution in [-0.2, 0) is 16.0 Å². The molecule has 4 rings (SSSR count). The van der Waals surface area contributed by atoms with Gasteiger partial charge < -0.3 is 15.3 Å². The Balaban J connectivity index is 1.66. The minimum atomic E-state index is -1.02. The zero-order valence-electron chi connectivity index (χ0n) is 22.2. The van der Waals surface area contributed by atoms with Crippen molar-refractivity contribution in [2.75, 3.05) is 11.4 Å². The van der Waals surface area contributed by atoms with Gasteiger partial charge in [-0.2, -0.15) is 0 Å². The lowest BCUT2D eigenvalue weighted by atomic mass is 9.91. The van der Waals surface area contributed by atoms with Crippen molar-refractivity contribution < 1.29 is 14.7 Å². The molecule has 1 aliphatic heterocycles. The summed E-state index contributed by atoms with van der Waals surface area (Å²) in [7, 11) is 0. The molecular weight excluding hydrogens is 462 g/mol. The normalized spacial score (nSPS) is 19.0. The Hall–Kier alpha value is -2.99. The maximum Gasteiger partial charge on any atom is 0.272 e. The molecule has 37 heavy (non-hydrogen) atoms. The monoisotopic (exact) mass is 503 g/mol. The number of hydrogen-bond donors (Lipinski definition) is 2. The Kier molecular flexibility index (Phi) is 9.51. The van der Waals surface area contributed by atoms with Gasteiger partial charge >= 0.3 is 0 Å². The fourth-order valence-electron chi connectivity index (χ4n) is 5.08. The molecule has 2 N–H and O–H groups in total. The van der Waals surface area contributed by atoms with Gasteiger partial charge in [-0.15, -0.1) is 0 Å². The van der Waals surface area contributed by atoms with E-state index in [0.29, 0.717) is 31.7 Å². The molecule has 0 spiro atoms. The lowest BCUT2D eigenvalue weighted by Gasteiger charge is -2.27. The van der Waals surface area contributed by atoms with Gasteiger partial charge in [0.25, 0.3) is 5.91 Å². The number of amides is 2. The summed E-state index contributed by atoms with van der Waals surface area (Å²) >= 11 is 0. The highest BCUT2D eigenvalue weighted by Gasteiger charge is 2.37. The molecule has 2 amide bonds. The molecule has 3 atom stereocenters. The number of aliphatic hydroxyl groups is 1. The lowest BCUT2D eigenvalue weighted by Crippen LogP contribution is -2.50. The van der Waals surface area contributed by atoms with Crippen molar-refractivity contribution in [2.45, 2.75) is 83.9 Å². The van der Waals surface area contributed by atoms with Crippen molar-refractivity contribution in [3.05, 3.63) is 65.7 Å². The van der Waals surface area contributed by atoms with Crippen LogP contribution >= 0.6 is 0 Å². The summed E-state index contributed by atoms with van der Waals surface area (Å²) in [5.74, 6) is -0.516. The van der Waals surface area contributed by atoms with E-state index in [2.05, 4.69) is 31.3 Å². The molecule has 2 aromatic rings. The maximum atomic E-state index is 13.9. The number of unbranched alkanes of at least 4 members (excludes halogenated alkanes) is 2. The van der Waals surface area contributed by atoms with Crippen molar-refractivity contribution in [2.24, 2.45) is 16.8 Å². The fraction of sp³-hybridized carbons (Fsp3) is 0.516. The molecule has 1 saturated carbocycles. The number of nitrogens with zero attached hydrogens (tertiary/aromatic N) is 2. The van der Waals surface area contributed by atoms with Gasteiger partial charge in [0.2, 0.25) is 12.1 Å². The van der Waals surface area contributed by atoms with Crippen LogP contribution in [0.15, 0.2) is 59.6 Å². The van der Waals surface area contributed by atoms with Crippen molar-refractivity contribution in [3.8, 4) is 0 Å². The number of aliphatic imine (C=N–C) groups is 1. The average molecular weight is 504 g/mol. The smallest absolute Gasteiger partial charge is 0.272 e. The second kappa shape index (κ2) is 13.0. The topological polar surface area (TPSA) is 82.0 Å². The second-order valence-electron chi connectivity index (χ2n) is 10.5. The molecule has 3 unspecified atom stereocenters. The van der Waals surface area contributed by atoms with Gasteiger partial charge in [0.05, 0.1) is 23.4 Å². The highest BCUT2D eigenvalue weighted by molar-refractivity contribution is 6.13. The van der Waals surface area contributed by atoms with E-state index < -0.39 is 18.2 Å². The largest absolute Gasteiger partial charge is 0.392 e. The van der Waals surface area contributed by atoms with Crippen molar-refractivity contribution >= 4 is 23.2 Å². The summed E-state index contributed by atoms with van der Waals surface area (Å²) in [6.07, 6.45) is 5.95. The summed E-state index contributed by atoms with van der Waals surface area (Å²) in [5, 5.41) is 13.9. The molecule has 1 aliphatic carbocycles. The number of fused-ring (bicyclic) bond motifs is 1. The third kappa shape index (κ3) is 7.07. The standard InChI is InChI=1S/C31H41N3O3/c1-3-5-16-28(35)25(20-23-17-18-23)30(36)33-29-31(37)34(19-6-4-2)27-15-11-10-14-24(27)26(32-29)21-22-12-8-7-9-13-22/h7-15,23,25,28-29,35H,3-6,16-21H2,1-2H3,(H,33,36). The SMILES string of the molecule is CCCCC(O)C(CC1CC1)C(=O)NC1N=C(Cc2ccccc2)c2ccccc2N(CCCC)C1=O. The van der Waals surface area contributed by atoms with Gasteiger partial charge in [0.15, 0.2) is 0 Å². The first-order valence-corrected chi connectivity index (χ1v) is 14.0. The number of carbonyl (C=O) groups excluding carboxylic acids is 2. The first-order chi connectivity index (χ1) is 18.0. The van der Waals surface area contributed by atoms with E-state index in [-0.39, 0.29) is 11.8 Å². The molecule has 1 heterocycles. The molecule has 0 aromatic heterocycles. The van der Waals surface area contributed by atoms with Gasteiger partial charge in [-0.05, 0) is 36.8 Å². The van der Waals surface area contributed by atoms with Crippen LogP contribution in [0.25, 0.3) is 0 Å². The predicted octanol–water partition coefficient (Wildman–Crippen LogP) is 5.27.